The number of thioether (sulfide) groups is 2. The normalized spacial score (nSPS) is 17.7. The summed E-state index contributed by atoms with van der Waals surface area (Å²) >= 11 is 3.79. The molecule has 0 spiro atoms. The first-order valence-corrected chi connectivity index (χ1v) is 12.8. The summed E-state index contributed by atoms with van der Waals surface area (Å²) in [5.41, 5.74) is 2.48. The van der Waals surface area contributed by atoms with E-state index in [4.69, 9.17) is 14.2 Å². The Balaban J connectivity index is 1.79. The summed E-state index contributed by atoms with van der Waals surface area (Å²) in [4.78, 5) is 12.9. The maximum Gasteiger partial charge on any atom is 0.311 e. The number of benzene rings is 2. The topological polar surface area (TPSA) is 44.8 Å². The van der Waals surface area contributed by atoms with Gasteiger partial charge in [-0.1, -0.05) is 37.1 Å². The predicted octanol–water partition coefficient (Wildman–Crippen LogP) is 6.32. The molecule has 0 radical (unpaired) electrons. The van der Waals surface area contributed by atoms with E-state index in [1.807, 2.05) is 54.7 Å². The number of hydrogen-bond acceptors (Lipinski definition) is 6. The van der Waals surface area contributed by atoms with Gasteiger partial charge in [0, 0.05) is 11.5 Å². The van der Waals surface area contributed by atoms with Crippen molar-refractivity contribution in [3.05, 3.63) is 59.7 Å². The van der Waals surface area contributed by atoms with E-state index in [-0.39, 0.29) is 16.0 Å². The second-order valence-electron chi connectivity index (χ2n) is 7.64. The molecule has 2 aromatic carbocycles. The fraction of sp³-hybridized carbons (Fsp3) is 0.480. The molecule has 6 heteroatoms. The number of ether oxygens (including phenoxy) is 3. The van der Waals surface area contributed by atoms with Crippen LogP contribution in [0, 0.1) is 5.92 Å². The largest absolute Gasteiger partial charge is 0.497 e. The highest BCUT2D eigenvalue weighted by atomic mass is 32.2. The van der Waals surface area contributed by atoms with Crippen molar-refractivity contribution in [3.8, 4) is 11.5 Å². The summed E-state index contributed by atoms with van der Waals surface area (Å²) in [6.45, 7) is 2.31. The highest BCUT2D eigenvalue weighted by Gasteiger charge is 2.46. The number of carbonyl (C=O) groups is 1. The van der Waals surface area contributed by atoms with Crippen molar-refractivity contribution in [2.75, 3.05) is 20.8 Å². The van der Waals surface area contributed by atoms with Gasteiger partial charge in [-0.15, -0.1) is 23.5 Å². The van der Waals surface area contributed by atoms with Gasteiger partial charge in [0.15, 0.2) is 0 Å². The van der Waals surface area contributed by atoms with Gasteiger partial charge in [-0.25, -0.2) is 0 Å². The minimum atomic E-state index is -0.190. The van der Waals surface area contributed by atoms with Crippen LogP contribution >= 0.6 is 23.5 Å². The maximum absolute atomic E-state index is 12.9. The van der Waals surface area contributed by atoms with Gasteiger partial charge >= 0.3 is 5.97 Å². The third-order valence-corrected chi connectivity index (χ3v) is 9.27. The van der Waals surface area contributed by atoms with Crippen molar-refractivity contribution < 1.29 is 19.0 Å². The monoisotopic (exact) mass is 460 g/mol. The third-order valence-electron chi connectivity index (χ3n) is 5.65. The average molecular weight is 461 g/mol. The Labute approximate surface area is 194 Å². The van der Waals surface area contributed by atoms with E-state index < -0.39 is 0 Å². The van der Waals surface area contributed by atoms with E-state index in [2.05, 4.69) is 24.3 Å². The van der Waals surface area contributed by atoms with Crippen LogP contribution in [0.3, 0.4) is 0 Å². The summed E-state index contributed by atoms with van der Waals surface area (Å²) < 4.78 is 15.9. The molecule has 0 aliphatic heterocycles. The van der Waals surface area contributed by atoms with Crippen molar-refractivity contribution in [1.29, 1.82) is 0 Å². The molecule has 1 fully saturated rings. The van der Waals surface area contributed by atoms with E-state index in [9.17, 15) is 4.79 Å². The highest BCUT2D eigenvalue weighted by Crippen LogP contribution is 2.54. The SMILES string of the molecule is CCOC(=O)C1CCCCC1(SCc1ccc(OC)cc1)SCc1ccc(OC)cc1. The van der Waals surface area contributed by atoms with Gasteiger partial charge in [0.1, 0.15) is 11.5 Å². The van der Waals surface area contributed by atoms with Crippen molar-refractivity contribution >= 4 is 29.5 Å². The number of methoxy groups -OCH3 is 2. The molecule has 0 bridgehead atoms. The lowest BCUT2D eigenvalue weighted by Gasteiger charge is -2.42. The predicted molar refractivity (Wildman–Crippen MR) is 130 cm³/mol. The van der Waals surface area contributed by atoms with Crippen molar-refractivity contribution in [1.82, 2.24) is 0 Å². The second kappa shape index (κ2) is 11.7. The van der Waals surface area contributed by atoms with Gasteiger partial charge in [-0.3, -0.25) is 4.79 Å². The fourth-order valence-corrected chi connectivity index (χ4v) is 7.20. The molecule has 1 aliphatic rings. The fourth-order valence-electron chi connectivity index (χ4n) is 3.90. The molecule has 0 heterocycles. The lowest BCUT2D eigenvalue weighted by molar-refractivity contribution is -0.149. The average Bonchev–Trinajstić information content (AvgIpc) is 2.82. The third kappa shape index (κ3) is 6.36. The summed E-state index contributed by atoms with van der Waals surface area (Å²) in [5.74, 6) is 3.29. The van der Waals surface area contributed by atoms with Crippen LogP contribution in [-0.4, -0.2) is 30.9 Å². The number of rotatable bonds is 10. The molecule has 1 unspecified atom stereocenters. The number of hydrogen-bond donors (Lipinski definition) is 0. The first kappa shape index (κ1) is 23.9. The summed E-state index contributed by atoms with van der Waals surface area (Å²) in [6, 6.07) is 16.4. The molecule has 31 heavy (non-hydrogen) atoms. The molecular weight excluding hydrogens is 428 g/mol. The van der Waals surface area contributed by atoms with Crippen LogP contribution in [0.4, 0.5) is 0 Å². The quantitative estimate of drug-likeness (QED) is 0.305. The highest BCUT2D eigenvalue weighted by molar-refractivity contribution is 8.17. The van der Waals surface area contributed by atoms with E-state index in [0.717, 1.165) is 48.7 Å². The zero-order valence-electron chi connectivity index (χ0n) is 18.6. The molecular formula is C25H32O4S2. The molecule has 1 atom stereocenters. The number of carbonyl (C=O) groups excluding carboxylic acids is 1. The van der Waals surface area contributed by atoms with E-state index >= 15 is 0 Å². The number of esters is 1. The minimum Gasteiger partial charge on any atom is -0.497 e. The standard InChI is InChI=1S/C25H32O4S2/c1-4-29-24(26)23-7-5-6-16-25(23,30-17-19-8-12-21(27-2)13-9-19)31-18-20-10-14-22(28-3)15-11-20/h8-15,23H,4-7,16-18H2,1-3H3. The Morgan fingerprint density at radius 3 is 1.87 bits per heavy atom. The van der Waals surface area contributed by atoms with Gasteiger partial charge in [0.25, 0.3) is 0 Å². The lowest BCUT2D eigenvalue weighted by Crippen LogP contribution is -2.40. The van der Waals surface area contributed by atoms with Crippen molar-refractivity contribution in [2.45, 2.75) is 48.2 Å². The molecule has 1 aliphatic carbocycles. The summed E-state index contributed by atoms with van der Waals surface area (Å²) in [5, 5.41) is 0. The Bertz CT molecular complexity index is 769. The van der Waals surface area contributed by atoms with Crippen LogP contribution in [0.2, 0.25) is 0 Å². The molecule has 3 rings (SSSR count). The van der Waals surface area contributed by atoms with E-state index in [0.29, 0.717) is 6.61 Å². The lowest BCUT2D eigenvalue weighted by atomic mass is 9.88. The van der Waals surface area contributed by atoms with Crippen molar-refractivity contribution in [3.63, 3.8) is 0 Å². The van der Waals surface area contributed by atoms with Crippen LogP contribution in [0.5, 0.6) is 11.5 Å². The molecule has 1 saturated carbocycles. The molecule has 0 amide bonds. The summed E-state index contributed by atoms with van der Waals surface area (Å²) in [6.07, 6.45) is 4.13. The Kier molecular flexibility index (Phi) is 9.02. The second-order valence-corrected chi connectivity index (χ2v) is 10.5. The van der Waals surface area contributed by atoms with Crippen LogP contribution in [-0.2, 0) is 21.0 Å². The van der Waals surface area contributed by atoms with Crippen LogP contribution in [0.15, 0.2) is 48.5 Å². The minimum absolute atomic E-state index is 0.0494. The summed E-state index contributed by atoms with van der Waals surface area (Å²) in [7, 11) is 3.36. The first-order valence-electron chi connectivity index (χ1n) is 10.8. The van der Waals surface area contributed by atoms with Crippen LogP contribution < -0.4 is 9.47 Å². The smallest absolute Gasteiger partial charge is 0.311 e. The van der Waals surface area contributed by atoms with Gasteiger partial charge in [0.05, 0.1) is 30.8 Å². The Hall–Kier alpha value is -1.79. The van der Waals surface area contributed by atoms with E-state index in [1.54, 1.807) is 14.2 Å². The molecule has 0 N–H and O–H groups in total. The van der Waals surface area contributed by atoms with Gasteiger partial charge < -0.3 is 14.2 Å². The molecule has 168 valence electrons. The van der Waals surface area contributed by atoms with Gasteiger partial charge in [0.2, 0.25) is 0 Å². The van der Waals surface area contributed by atoms with Gasteiger partial charge in [-0.2, -0.15) is 0 Å². The van der Waals surface area contributed by atoms with Gasteiger partial charge in [-0.05, 0) is 55.2 Å². The van der Waals surface area contributed by atoms with Crippen LogP contribution in [0.25, 0.3) is 0 Å². The Morgan fingerprint density at radius 1 is 0.903 bits per heavy atom. The molecule has 4 nitrogen and oxygen atoms in total. The Morgan fingerprint density at radius 2 is 1.42 bits per heavy atom. The zero-order valence-corrected chi connectivity index (χ0v) is 20.2. The first-order chi connectivity index (χ1) is 15.1. The molecule has 2 aromatic rings. The zero-order chi connectivity index (χ0) is 22.1. The van der Waals surface area contributed by atoms with E-state index in [1.165, 1.54) is 11.1 Å². The molecule has 0 aromatic heterocycles. The van der Waals surface area contributed by atoms with Crippen molar-refractivity contribution in [2.24, 2.45) is 5.92 Å². The van der Waals surface area contributed by atoms with Crippen LogP contribution in [0.1, 0.15) is 43.7 Å². The maximum atomic E-state index is 12.9. The molecule has 0 saturated heterocycles.